The largest absolute Gasteiger partial charge is 0.493 e. The summed E-state index contributed by atoms with van der Waals surface area (Å²) < 4.78 is 15.1. The maximum absolute atomic E-state index is 11.8. The Labute approximate surface area is 148 Å². The molecule has 0 saturated heterocycles. The highest BCUT2D eigenvalue weighted by Gasteiger charge is 2.16. The molecule has 0 bridgehead atoms. The van der Waals surface area contributed by atoms with E-state index in [1.165, 1.54) is 31.4 Å². The van der Waals surface area contributed by atoms with Gasteiger partial charge in [0.2, 0.25) is 0 Å². The summed E-state index contributed by atoms with van der Waals surface area (Å²) in [5.41, 5.74) is -0.240. The molecule has 0 unspecified atom stereocenters. The molecule has 0 aliphatic carbocycles. The minimum absolute atomic E-state index is 0.0174. The first-order valence-electron chi connectivity index (χ1n) is 7.46. The van der Waals surface area contributed by atoms with Gasteiger partial charge in [0, 0.05) is 6.07 Å². The molecule has 9 heteroatoms. The minimum Gasteiger partial charge on any atom is -0.493 e. The van der Waals surface area contributed by atoms with Crippen LogP contribution < -0.4 is 14.8 Å². The van der Waals surface area contributed by atoms with Gasteiger partial charge in [-0.15, -0.1) is 0 Å². The van der Waals surface area contributed by atoms with Crippen molar-refractivity contribution in [2.45, 2.75) is 0 Å². The maximum atomic E-state index is 11.8. The first-order valence-corrected chi connectivity index (χ1v) is 7.46. The lowest BCUT2D eigenvalue weighted by molar-refractivity contribution is -0.383. The van der Waals surface area contributed by atoms with Gasteiger partial charge in [-0.25, -0.2) is 4.79 Å². The summed E-state index contributed by atoms with van der Waals surface area (Å²) >= 11 is 0. The summed E-state index contributed by atoms with van der Waals surface area (Å²) in [7, 11) is 1.47. The highest BCUT2D eigenvalue weighted by Crippen LogP contribution is 2.25. The highest BCUT2D eigenvalue weighted by molar-refractivity contribution is 5.94. The molecular formula is C17H16N2O7. The summed E-state index contributed by atoms with van der Waals surface area (Å²) in [6, 6.07) is 12.4. The van der Waals surface area contributed by atoms with E-state index in [2.05, 4.69) is 5.32 Å². The van der Waals surface area contributed by atoms with Crippen molar-refractivity contribution >= 4 is 23.3 Å². The molecule has 0 aromatic heterocycles. The second-order valence-corrected chi connectivity index (χ2v) is 4.92. The van der Waals surface area contributed by atoms with Crippen molar-refractivity contribution in [1.82, 2.24) is 0 Å². The van der Waals surface area contributed by atoms with Crippen LogP contribution in [0.15, 0.2) is 48.5 Å². The molecule has 0 spiro atoms. The first-order chi connectivity index (χ1) is 12.5. The van der Waals surface area contributed by atoms with Gasteiger partial charge in [-0.1, -0.05) is 24.3 Å². The number of esters is 1. The Hall–Kier alpha value is -3.62. The first kappa shape index (κ1) is 18.7. The topological polar surface area (TPSA) is 117 Å². The predicted octanol–water partition coefficient (Wildman–Crippen LogP) is 2.16. The van der Waals surface area contributed by atoms with E-state index in [0.717, 1.165) is 0 Å². The summed E-state index contributed by atoms with van der Waals surface area (Å²) in [6.45, 7) is -1.01. The Morgan fingerprint density at radius 1 is 1.04 bits per heavy atom. The number of ether oxygens (including phenoxy) is 3. The van der Waals surface area contributed by atoms with Crippen LogP contribution >= 0.6 is 0 Å². The van der Waals surface area contributed by atoms with Gasteiger partial charge < -0.3 is 19.5 Å². The van der Waals surface area contributed by atoms with Gasteiger partial charge in [0.25, 0.3) is 11.6 Å². The molecular weight excluding hydrogens is 344 g/mol. The number of benzene rings is 2. The molecule has 26 heavy (non-hydrogen) atoms. The van der Waals surface area contributed by atoms with Gasteiger partial charge in [-0.2, -0.15) is 0 Å². The van der Waals surface area contributed by atoms with Crippen molar-refractivity contribution < 1.29 is 28.7 Å². The predicted molar refractivity (Wildman–Crippen MR) is 91.2 cm³/mol. The lowest BCUT2D eigenvalue weighted by Gasteiger charge is -2.10. The van der Waals surface area contributed by atoms with Crippen molar-refractivity contribution in [2.75, 3.05) is 25.6 Å². The summed E-state index contributed by atoms with van der Waals surface area (Å²) in [6.07, 6.45) is 0. The third-order valence-electron chi connectivity index (χ3n) is 3.15. The van der Waals surface area contributed by atoms with E-state index < -0.39 is 30.0 Å². The van der Waals surface area contributed by atoms with Crippen molar-refractivity contribution in [3.8, 4) is 11.5 Å². The molecule has 0 radical (unpaired) electrons. The maximum Gasteiger partial charge on any atom is 0.344 e. The Morgan fingerprint density at radius 3 is 2.38 bits per heavy atom. The normalized spacial score (nSPS) is 9.88. The van der Waals surface area contributed by atoms with Crippen LogP contribution in [0.2, 0.25) is 0 Å². The van der Waals surface area contributed by atoms with Gasteiger partial charge in [-0.3, -0.25) is 14.9 Å². The number of amides is 1. The number of anilines is 1. The van der Waals surface area contributed by atoms with Gasteiger partial charge in [0.05, 0.1) is 12.0 Å². The van der Waals surface area contributed by atoms with Gasteiger partial charge in [0.15, 0.2) is 24.7 Å². The van der Waals surface area contributed by atoms with E-state index in [1.807, 2.05) is 0 Å². The molecule has 2 aromatic carbocycles. The molecule has 0 aliphatic rings. The number of nitro groups is 1. The molecule has 0 atom stereocenters. The molecule has 2 rings (SSSR count). The lowest BCUT2D eigenvalue weighted by Crippen LogP contribution is -2.24. The minimum atomic E-state index is -0.770. The molecule has 9 nitrogen and oxygen atoms in total. The Morgan fingerprint density at radius 2 is 1.69 bits per heavy atom. The fraction of sp³-hybridized carbons (Fsp3) is 0.176. The van der Waals surface area contributed by atoms with E-state index >= 15 is 0 Å². The van der Waals surface area contributed by atoms with Gasteiger partial charge >= 0.3 is 5.97 Å². The number of para-hydroxylation sites is 4. The van der Waals surface area contributed by atoms with Crippen LogP contribution in [0.1, 0.15) is 0 Å². The van der Waals surface area contributed by atoms with Crippen LogP contribution in [-0.4, -0.2) is 37.1 Å². The number of nitrogens with zero attached hydrogens (tertiary/aromatic N) is 1. The van der Waals surface area contributed by atoms with E-state index in [1.54, 1.807) is 24.3 Å². The number of nitrogens with one attached hydrogen (secondary N) is 1. The van der Waals surface area contributed by atoms with E-state index in [-0.39, 0.29) is 11.4 Å². The number of hydrogen-bond donors (Lipinski definition) is 1. The number of nitro benzene ring substituents is 1. The fourth-order valence-corrected chi connectivity index (χ4v) is 1.99. The number of carbonyl (C=O) groups excluding carboxylic acids is 2. The monoisotopic (exact) mass is 360 g/mol. The molecule has 0 heterocycles. The van der Waals surface area contributed by atoms with E-state index in [4.69, 9.17) is 14.2 Å². The second-order valence-electron chi connectivity index (χ2n) is 4.92. The summed E-state index contributed by atoms with van der Waals surface area (Å²) in [5, 5.41) is 13.2. The zero-order valence-electron chi connectivity index (χ0n) is 13.8. The third-order valence-corrected chi connectivity index (χ3v) is 3.15. The molecule has 0 aliphatic heterocycles. The van der Waals surface area contributed by atoms with Crippen LogP contribution in [0.3, 0.4) is 0 Å². The quantitative estimate of drug-likeness (QED) is 0.435. The lowest BCUT2D eigenvalue weighted by atomic mass is 10.2. The second kappa shape index (κ2) is 9.02. The zero-order valence-corrected chi connectivity index (χ0v) is 13.8. The Kier molecular flexibility index (Phi) is 6.49. The number of hydrogen-bond acceptors (Lipinski definition) is 7. The van der Waals surface area contributed by atoms with Crippen molar-refractivity contribution in [3.05, 3.63) is 58.6 Å². The van der Waals surface area contributed by atoms with Gasteiger partial charge in [0.1, 0.15) is 5.69 Å². The molecule has 1 amide bonds. The summed E-state index contributed by atoms with van der Waals surface area (Å²) in [5.74, 6) is -0.663. The van der Waals surface area contributed by atoms with Crippen LogP contribution in [0, 0.1) is 10.1 Å². The average molecular weight is 360 g/mol. The highest BCUT2D eigenvalue weighted by atomic mass is 16.6. The molecule has 2 aromatic rings. The van der Waals surface area contributed by atoms with Crippen LogP contribution in [0.4, 0.5) is 11.4 Å². The zero-order chi connectivity index (χ0) is 18.9. The Balaban J connectivity index is 1.82. The third kappa shape index (κ3) is 5.20. The van der Waals surface area contributed by atoms with Crippen molar-refractivity contribution in [2.24, 2.45) is 0 Å². The van der Waals surface area contributed by atoms with Crippen molar-refractivity contribution in [1.29, 1.82) is 0 Å². The van der Waals surface area contributed by atoms with Crippen LogP contribution in [-0.2, 0) is 14.3 Å². The van der Waals surface area contributed by atoms with Gasteiger partial charge in [-0.05, 0) is 18.2 Å². The Bertz CT molecular complexity index is 807. The SMILES string of the molecule is COc1ccccc1OCC(=O)OCC(=O)Nc1ccccc1[N+](=O)[O-]. The smallest absolute Gasteiger partial charge is 0.344 e. The molecule has 1 N–H and O–H groups in total. The standard InChI is InChI=1S/C17H16N2O7/c1-24-14-8-4-5-9-15(14)25-11-17(21)26-10-16(20)18-12-6-2-3-7-13(12)19(22)23/h2-9H,10-11H2,1H3,(H,18,20). The number of carbonyl (C=O) groups is 2. The van der Waals surface area contributed by atoms with E-state index in [9.17, 15) is 19.7 Å². The van der Waals surface area contributed by atoms with Crippen LogP contribution in [0.25, 0.3) is 0 Å². The van der Waals surface area contributed by atoms with E-state index in [0.29, 0.717) is 11.5 Å². The molecule has 136 valence electrons. The molecule has 0 fully saturated rings. The fourth-order valence-electron chi connectivity index (χ4n) is 1.99. The number of rotatable bonds is 8. The van der Waals surface area contributed by atoms with Crippen molar-refractivity contribution in [3.63, 3.8) is 0 Å². The number of methoxy groups -OCH3 is 1. The molecule has 0 saturated carbocycles. The summed E-state index contributed by atoms with van der Waals surface area (Å²) in [4.78, 5) is 33.7. The van der Waals surface area contributed by atoms with Crippen LogP contribution in [0.5, 0.6) is 11.5 Å². The average Bonchev–Trinajstić information content (AvgIpc) is 2.65.